The van der Waals surface area contributed by atoms with Crippen LogP contribution in [0.2, 0.25) is 0 Å². The molecular formula is C88H83Cl3Ir5N2O3P6. The first-order chi connectivity index (χ1) is 48.7. The first-order valence-corrected chi connectivity index (χ1v) is 38.0. The van der Waals surface area contributed by atoms with E-state index in [1.54, 1.807) is 12.4 Å². The van der Waals surface area contributed by atoms with Gasteiger partial charge < -0.3 is 5.11 Å². The van der Waals surface area contributed by atoms with Crippen molar-refractivity contribution >= 4 is 159 Å². The number of benzene rings is 11. The summed E-state index contributed by atoms with van der Waals surface area (Å²) in [6.45, 7) is 9.58. The van der Waals surface area contributed by atoms with E-state index in [-0.39, 0.29) is 149 Å². The third-order valence-corrected chi connectivity index (χ3v) is 20.4. The van der Waals surface area contributed by atoms with Crippen LogP contribution in [0, 0.1) is 12.7 Å². The molecule has 0 fully saturated rings. The Kier molecular flexibility index (Phi) is 61.3. The number of ketones is 1. The third-order valence-electron chi connectivity index (χ3n) is 14.1. The van der Waals surface area contributed by atoms with E-state index in [1.807, 2.05) is 84.9 Å². The number of carbonyl (C=O) groups excluding carboxylic acids is 1. The smallest absolute Gasteiger partial charge is 0.102 e. The van der Waals surface area contributed by atoms with E-state index in [1.165, 1.54) is 120 Å². The molecule has 0 aliphatic rings. The average Bonchev–Trinajstić information content (AvgIpc) is 0.852. The number of halogens is 3. The van der Waals surface area contributed by atoms with Gasteiger partial charge in [-0.1, -0.05) is 326 Å². The van der Waals surface area contributed by atoms with Crippen LogP contribution in [-0.4, -0.2) is 27.0 Å². The Morgan fingerprint density at radius 1 is 0.467 bits per heavy atom. The maximum Gasteiger partial charge on any atom is 0.102 e. The molecule has 1 N–H and O–H groups in total. The maximum atomic E-state index is 10.0. The summed E-state index contributed by atoms with van der Waals surface area (Å²) in [6, 6.07) is 123. The summed E-state index contributed by atoms with van der Waals surface area (Å²) in [7, 11) is 7.11. The van der Waals surface area contributed by atoms with Gasteiger partial charge in [0.15, 0.2) is 5.78 Å². The van der Waals surface area contributed by atoms with Gasteiger partial charge in [0.25, 0.3) is 0 Å². The number of pyridine rings is 2. The molecule has 15 aromatic rings. The van der Waals surface area contributed by atoms with Crippen molar-refractivity contribution in [3.8, 4) is 33.1 Å². The molecule has 19 heteroatoms. The minimum Gasteiger partial charge on any atom is -0.255 e. The molecule has 5 atom stereocenters. The fourth-order valence-corrected chi connectivity index (χ4v) is 15.0. The first-order valence-electron chi connectivity index (χ1n) is 32.1. The molecule has 0 aliphatic carbocycles. The predicted molar refractivity (Wildman–Crippen MR) is 463 cm³/mol. The molecule has 5 radical (unpaired) electrons. The molecule has 559 valence electrons. The van der Waals surface area contributed by atoms with E-state index >= 15 is 0 Å². The molecule has 107 heavy (non-hydrogen) atoms. The molecule has 0 bridgehead atoms. The van der Waals surface area contributed by atoms with Crippen molar-refractivity contribution in [3.63, 3.8) is 0 Å². The maximum absolute atomic E-state index is 10.0. The molecular weight excluding hydrogens is 2390 g/mol. The molecule has 4 aromatic heterocycles. The average molecular weight is 2470 g/mol. The van der Waals surface area contributed by atoms with Crippen molar-refractivity contribution in [2.75, 3.05) is 6.16 Å². The van der Waals surface area contributed by atoms with Crippen LogP contribution in [0.25, 0.3) is 65.4 Å². The van der Waals surface area contributed by atoms with E-state index in [0.29, 0.717) is 0 Å². The van der Waals surface area contributed by atoms with Gasteiger partial charge in [-0.15, -0.1) is 82.4 Å². The van der Waals surface area contributed by atoms with Crippen LogP contribution in [0.1, 0.15) is 20.8 Å². The van der Waals surface area contributed by atoms with Crippen LogP contribution >= 0.6 is 88.6 Å². The van der Waals surface area contributed by atoms with Gasteiger partial charge in [-0.3, -0.25) is 14.8 Å². The van der Waals surface area contributed by atoms with Crippen LogP contribution in [-0.2, 0) is 110 Å². The van der Waals surface area contributed by atoms with Crippen LogP contribution < -0.4 is 31.8 Å². The monoisotopic (exact) mass is 2470 g/mol. The van der Waals surface area contributed by atoms with Crippen molar-refractivity contribution in [2.45, 2.75) is 20.8 Å². The van der Waals surface area contributed by atoms with E-state index in [9.17, 15) is 4.79 Å². The molecule has 11 aromatic carbocycles. The summed E-state index contributed by atoms with van der Waals surface area (Å²) >= 11 is 0. The molecule has 0 spiro atoms. The molecule has 4 heterocycles. The predicted octanol–water partition coefficient (Wildman–Crippen LogP) is 23.1. The number of aromatic nitrogens is 2. The van der Waals surface area contributed by atoms with E-state index < -0.39 is 0 Å². The minimum absolute atomic E-state index is 0. The standard InChI is InChI=1S/2C16H13P.C12H13P.C11H9P.C11H8P.C10H8N2.C6H7P.C5H8O2.CO.3ClH.5Ir/c2*1-2-9-14(10-3-1)17-16-12-6-8-13-7-4-5-11-15(13)16;1-2-13-12-9-5-7-10-6-3-4-8-11(10)12;2*1-2-6-10(7-3-1)11-8-4-5-9-12-11;1-3-7-11-9(5-1)10-6-2-4-8-12-10;7-6-4-2-1-3-5-6;1-4(6)3-5(2)7;1-2;;;;;;;;/h2*1-12,17H;3-9,13H,2H2,1H3;1-9H;1-6,8-9H;1-8H;1-5H,7H2;3,6H,1-2H3;;3*1H;;;;;/q;;;;-1;;;;;;;;;;;;/p+1/b;;;;;;;4-3-;;;;;;;;;. The summed E-state index contributed by atoms with van der Waals surface area (Å²) in [5.41, 5.74) is 4.37. The van der Waals surface area contributed by atoms with Gasteiger partial charge in [0.05, 0.1) is 30.6 Å². The van der Waals surface area contributed by atoms with Gasteiger partial charge in [0, 0.05) is 124 Å². The second-order valence-corrected chi connectivity index (χ2v) is 28.7. The second kappa shape index (κ2) is 63.2. The number of hydrogen-bond donors (Lipinski definition) is 1. The molecule has 0 aliphatic heterocycles. The summed E-state index contributed by atoms with van der Waals surface area (Å²) in [6.07, 6.45) is 5.95. The Labute approximate surface area is 730 Å². The van der Waals surface area contributed by atoms with Gasteiger partial charge in [-0.05, 0) is 132 Å². The van der Waals surface area contributed by atoms with E-state index in [2.05, 4.69) is 311 Å². The van der Waals surface area contributed by atoms with Gasteiger partial charge in [0.1, 0.15) is 5.80 Å². The number of aliphatic hydroxyl groups excluding tert-OH is 1. The van der Waals surface area contributed by atoms with E-state index in [0.717, 1.165) is 45.3 Å². The SMILES string of the molecule is CC(=O)/C=C(/C)O.CCPc1cccc2ccccc12.Cl.Cl.Cl.Pc1ccccc1.[C-]#[O+].[Ir].[Ir].[Ir].[Ir].[Ir].[c-]1ccccc1-c1cccc[pH+]1.c1ccc(-c2ccccn2)nc1.c1ccc(-c2ccccp2)cc1.c1ccc(Pc2cccc3ccccc23)cc1.c1ccc(Pc2cccc3ccccc23)cc1. The molecule has 0 saturated heterocycles. The third kappa shape index (κ3) is 39.9. The van der Waals surface area contributed by atoms with Crippen molar-refractivity contribution in [2.24, 2.45) is 0 Å². The minimum atomic E-state index is -0.125. The summed E-state index contributed by atoms with van der Waals surface area (Å²) < 4.78 is 7.50. The number of hydrogen-bond acceptors (Lipinski definition) is 4. The van der Waals surface area contributed by atoms with Crippen LogP contribution in [0.3, 0.4) is 0 Å². The zero-order valence-corrected chi connectivity index (χ0v) is 79.1. The summed E-state index contributed by atoms with van der Waals surface area (Å²) in [5.74, 6) is 4.28. The molecule has 15 rings (SSSR count). The number of nitrogens with zero attached hydrogens (tertiary/aromatic N) is 2. The van der Waals surface area contributed by atoms with Gasteiger partial charge in [-0.25, -0.2) is 0 Å². The number of fused-ring (bicyclic) bond motifs is 3. The molecule has 0 amide bonds. The quantitative estimate of drug-likeness (QED) is 0.0486. The molecule has 5 nitrogen and oxygen atoms in total. The van der Waals surface area contributed by atoms with Crippen molar-refractivity contribution in [1.29, 1.82) is 0 Å². The fourth-order valence-electron chi connectivity index (χ4n) is 9.63. The van der Waals surface area contributed by atoms with Crippen LogP contribution in [0.15, 0.2) is 382 Å². The van der Waals surface area contributed by atoms with Gasteiger partial charge >= 0.3 is 11.3 Å². The molecule has 0 saturated carbocycles. The Morgan fingerprint density at radius 3 is 1.22 bits per heavy atom. The largest absolute Gasteiger partial charge is 0.255 e. The normalized spacial score (nSPS) is 9.72. The van der Waals surface area contributed by atoms with Gasteiger partial charge in [0.2, 0.25) is 0 Å². The van der Waals surface area contributed by atoms with Crippen molar-refractivity contribution in [1.82, 2.24) is 9.97 Å². The van der Waals surface area contributed by atoms with Crippen LogP contribution in [0.5, 0.6) is 0 Å². The van der Waals surface area contributed by atoms with Crippen LogP contribution in [0.4, 0.5) is 0 Å². The topological polar surface area (TPSA) is 83.0 Å². The Balaban J connectivity index is 0. The zero-order chi connectivity index (χ0) is 69.8. The fraction of sp³-hybridized carbons (Fsp3) is 0.0455. The Hall–Kier alpha value is -5.41. The van der Waals surface area contributed by atoms with Crippen molar-refractivity contribution < 1.29 is 115 Å². The summed E-state index contributed by atoms with van der Waals surface area (Å²) in [5, 5.41) is 27.7. The molecule has 5 unspecified atom stereocenters. The summed E-state index contributed by atoms with van der Waals surface area (Å²) in [4.78, 5) is 18.4. The number of allylic oxidation sites excluding steroid dienone is 2. The van der Waals surface area contributed by atoms with Crippen molar-refractivity contribution in [3.05, 3.63) is 394 Å². The number of aliphatic hydroxyl groups is 1. The van der Waals surface area contributed by atoms with Gasteiger partial charge in [-0.2, -0.15) is 0 Å². The Bertz CT molecular complexity index is 4360. The number of carbonyl (C=O) groups is 1. The first kappa shape index (κ1) is 104. The number of rotatable bonds is 10. The Morgan fingerprint density at radius 2 is 0.860 bits per heavy atom. The zero-order valence-electron chi connectivity index (χ0n) is 58.6. The van der Waals surface area contributed by atoms with E-state index in [4.69, 9.17) is 9.76 Å². The second-order valence-electron chi connectivity index (χ2n) is 21.5.